The van der Waals surface area contributed by atoms with Crippen LogP contribution in [0.15, 0.2) is 24.4 Å². The van der Waals surface area contributed by atoms with E-state index in [4.69, 9.17) is 4.74 Å². The highest BCUT2D eigenvalue weighted by Crippen LogP contribution is 2.71. The summed E-state index contributed by atoms with van der Waals surface area (Å²) in [5.41, 5.74) is 1.38. The molecule has 1 aromatic heterocycles. The molecule has 1 spiro atoms. The molecule has 1 atom stereocenters. The summed E-state index contributed by atoms with van der Waals surface area (Å²) in [7, 11) is 0. The Morgan fingerprint density at radius 2 is 1.72 bits per heavy atom. The molecule has 1 saturated heterocycles. The average molecular weight is 241 g/mol. The Morgan fingerprint density at radius 3 is 2.33 bits per heavy atom. The summed E-state index contributed by atoms with van der Waals surface area (Å²) in [5, 5.41) is 0. The van der Waals surface area contributed by atoms with Gasteiger partial charge in [-0.05, 0) is 67.9 Å². The molecular weight excluding hydrogens is 222 g/mol. The highest BCUT2D eigenvalue weighted by molar-refractivity contribution is 5.26. The summed E-state index contributed by atoms with van der Waals surface area (Å²) in [6.07, 6.45) is 9.44. The smallest absolute Gasteiger partial charge is 0.130 e. The minimum Gasteiger partial charge on any atom is -0.359 e. The summed E-state index contributed by atoms with van der Waals surface area (Å²) in [6.45, 7) is 0. The number of pyridine rings is 1. The van der Waals surface area contributed by atoms with E-state index in [0.717, 1.165) is 23.7 Å². The van der Waals surface area contributed by atoms with Gasteiger partial charge in [-0.3, -0.25) is 4.98 Å². The molecule has 6 rings (SSSR count). The third-order valence-corrected chi connectivity index (χ3v) is 6.05. The minimum absolute atomic E-state index is 0.210. The second-order valence-corrected chi connectivity index (χ2v) is 6.91. The average Bonchev–Trinajstić information content (AvgIpc) is 3.13. The van der Waals surface area contributed by atoms with Gasteiger partial charge in [0.1, 0.15) is 11.7 Å². The Kier molecular flexibility index (Phi) is 1.75. The highest BCUT2D eigenvalue weighted by Gasteiger charge is 2.71. The summed E-state index contributed by atoms with van der Waals surface area (Å²) >= 11 is 0. The Balaban J connectivity index is 1.52. The molecule has 4 bridgehead atoms. The van der Waals surface area contributed by atoms with E-state index in [1.165, 1.54) is 37.8 Å². The molecule has 1 aromatic rings. The number of epoxide rings is 1. The maximum absolute atomic E-state index is 6.30. The van der Waals surface area contributed by atoms with E-state index < -0.39 is 0 Å². The van der Waals surface area contributed by atoms with Crippen LogP contribution in [0.25, 0.3) is 0 Å². The van der Waals surface area contributed by atoms with Gasteiger partial charge < -0.3 is 4.74 Å². The predicted octanol–water partition coefficient (Wildman–Crippen LogP) is 3.35. The fourth-order valence-corrected chi connectivity index (χ4v) is 5.53. The van der Waals surface area contributed by atoms with Crippen LogP contribution in [0.4, 0.5) is 0 Å². The van der Waals surface area contributed by atoms with Gasteiger partial charge in [-0.25, -0.2) is 0 Å². The van der Waals surface area contributed by atoms with Gasteiger partial charge in [0.15, 0.2) is 0 Å². The van der Waals surface area contributed by atoms with Gasteiger partial charge in [-0.1, -0.05) is 6.07 Å². The van der Waals surface area contributed by atoms with Gasteiger partial charge >= 0.3 is 0 Å². The van der Waals surface area contributed by atoms with Gasteiger partial charge in [0.2, 0.25) is 0 Å². The summed E-state index contributed by atoms with van der Waals surface area (Å²) < 4.78 is 6.30. The molecule has 0 aromatic carbocycles. The first-order valence-corrected chi connectivity index (χ1v) is 7.45. The van der Waals surface area contributed by atoms with Crippen molar-refractivity contribution in [1.82, 2.24) is 4.98 Å². The van der Waals surface area contributed by atoms with Gasteiger partial charge in [-0.15, -0.1) is 0 Å². The topological polar surface area (TPSA) is 25.4 Å². The van der Waals surface area contributed by atoms with E-state index in [1.807, 2.05) is 12.3 Å². The molecule has 0 N–H and O–H groups in total. The van der Waals surface area contributed by atoms with Gasteiger partial charge in [-0.2, -0.15) is 0 Å². The highest BCUT2D eigenvalue weighted by atomic mass is 16.6. The Bertz CT molecular complexity index is 455. The fourth-order valence-electron chi connectivity index (χ4n) is 5.53. The van der Waals surface area contributed by atoms with Crippen LogP contribution in [0.1, 0.15) is 43.9 Å². The zero-order chi connectivity index (χ0) is 11.7. The standard InChI is InChI=1S/C16H19NO/c1-2-4-17-14(3-1)15-16(18-15)12-6-10-5-11(8-12)9-13(16)7-10/h1-4,10-13,15H,5-9H2. The van der Waals surface area contributed by atoms with Crippen molar-refractivity contribution in [2.24, 2.45) is 23.7 Å². The van der Waals surface area contributed by atoms with Crippen LogP contribution >= 0.6 is 0 Å². The number of nitrogens with zero attached hydrogens (tertiary/aromatic N) is 1. The number of hydrogen-bond acceptors (Lipinski definition) is 2. The van der Waals surface area contributed by atoms with Crippen LogP contribution in [0, 0.1) is 23.7 Å². The molecule has 0 radical (unpaired) electrons. The Hall–Kier alpha value is -0.890. The molecule has 5 fully saturated rings. The van der Waals surface area contributed by atoms with Crippen molar-refractivity contribution in [3.63, 3.8) is 0 Å². The maximum atomic E-state index is 6.30. The summed E-state index contributed by atoms with van der Waals surface area (Å²) in [4.78, 5) is 4.52. The van der Waals surface area contributed by atoms with Crippen LogP contribution in [-0.2, 0) is 4.74 Å². The molecule has 2 heterocycles. The fraction of sp³-hybridized carbons (Fsp3) is 0.688. The molecule has 0 amide bonds. The molecule has 5 aliphatic rings. The lowest BCUT2D eigenvalue weighted by molar-refractivity contribution is -0.0558. The molecule has 1 unspecified atom stereocenters. The van der Waals surface area contributed by atoms with Gasteiger partial charge in [0.05, 0.1) is 5.69 Å². The van der Waals surface area contributed by atoms with Crippen LogP contribution in [0.2, 0.25) is 0 Å². The number of hydrogen-bond donors (Lipinski definition) is 0. The van der Waals surface area contributed by atoms with Crippen molar-refractivity contribution in [2.45, 2.75) is 43.8 Å². The van der Waals surface area contributed by atoms with E-state index in [-0.39, 0.29) is 5.60 Å². The first-order valence-electron chi connectivity index (χ1n) is 7.45. The van der Waals surface area contributed by atoms with E-state index >= 15 is 0 Å². The Morgan fingerprint density at radius 1 is 1.00 bits per heavy atom. The third-order valence-electron chi connectivity index (χ3n) is 6.05. The lowest BCUT2D eigenvalue weighted by Crippen LogP contribution is -2.51. The number of aromatic nitrogens is 1. The molecule has 2 nitrogen and oxygen atoms in total. The van der Waals surface area contributed by atoms with Gasteiger partial charge in [0, 0.05) is 6.20 Å². The molecule has 1 aliphatic heterocycles. The van der Waals surface area contributed by atoms with Crippen molar-refractivity contribution in [2.75, 3.05) is 0 Å². The Labute approximate surface area is 108 Å². The molecule has 4 saturated carbocycles. The SMILES string of the molecule is c1ccc(C2OC23C2CC4CC(C2)CC3C4)nc1. The number of ether oxygens (including phenoxy) is 1. The van der Waals surface area contributed by atoms with Crippen molar-refractivity contribution in [1.29, 1.82) is 0 Å². The van der Waals surface area contributed by atoms with Crippen molar-refractivity contribution in [3.8, 4) is 0 Å². The van der Waals surface area contributed by atoms with E-state index in [1.54, 1.807) is 0 Å². The second-order valence-electron chi connectivity index (χ2n) is 6.91. The first kappa shape index (κ1) is 9.96. The quantitative estimate of drug-likeness (QED) is 0.705. The lowest BCUT2D eigenvalue weighted by Gasteiger charge is -2.53. The monoisotopic (exact) mass is 241 g/mol. The first-order chi connectivity index (χ1) is 8.86. The largest absolute Gasteiger partial charge is 0.359 e. The zero-order valence-electron chi connectivity index (χ0n) is 10.6. The third kappa shape index (κ3) is 1.11. The summed E-state index contributed by atoms with van der Waals surface area (Å²) in [5.74, 6) is 3.71. The zero-order valence-corrected chi connectivity index (χ0v) is 10.6. The van der Waals surface area contributed by atoms with E-state index in [2.05, 4.69) is 17.1 Å². The van der Waals surface area contributed by atoms with Crippen LogP contribution in [0.5, 0.6) is 0 Å². The van der Waals surface area contributed by atoms with Crippen molar-refractivity contribution < 1.29 is 4.74 Å². The normalized spacial score (nSPS) is 51.9. The van der Waals surface area contributed by atoms with Crippen molar-refractivity contribution >= 4 is 0 Å². The van der Waals surface area contributed by atoms with Crippen LogP contribution < -0.4 is 0 Å². The van der Waals surface area contributed by atoms with Gasteiger partial charge in [0.25, 0.3) is 0 Å². The molecule has 4 aliphatic carbocycles. The minimum atomic E-state index is 0.210. The van der Waals surface area contributed by atoms with E-state index in [0.29, 0.717) is 6.10 Å². The van der Waals surface area contributed by atoms with Crippen LogP contribution in [0.3, 0.4) is 0 Å². The van der Waals surface area contributed by atoms with Crippen LogP contribution in [-0.4, -0.2) is 10.6 Å². The predicted molar refractivity (Wildman–Crippen MR) is 67.8 cm³/mol. The second kappa shape index (κ2) is 3.16. The van der Waals surface area contributed by atoms with E-state index in [9.17, 15) is 0 Å². The lowest BCUT2D eigenvalue weighted by atomic mass is 9.50. The summed E-state index contributed by atoms with van der Waals surface area (Å²) in [6, 6.07) is 6.23. The maximum Gasteiger partial charge on any atom is 0.130 e. The molecule has 94 valence electrons. The van der Waals surface area contributed by atoms with Crippen molar-refractivity contribution in [3.05, 3.63) is 30.1 Å². The molecular formula is C16H19NO. The number of rotatable bonds is 1. The molecule has 2 heteroatoms. The molecule has 18 heavy (non-hydrogen) atoms.